The van der Waals surface area contributed by atoms with Gasteiger partial charge in [-0.05, 0) is 24.1 Å². The molecule has 0 aromatic carbocycles. The molecule has 13 heteroatoms. The molecule has 0 N–H and O–H groups in total. The second-order valence-electron chi connectivity index (χ2n) is 7.46. The zero-order valence-electron chi connectivity index (χ0n) is 15.4. The van der Waals surface area contributed by atoms with E-state index in [4.69, 9.17) is 11.6 Å². The summed E-state index contributed by atoms with van der Waals surface area (Å²) in [6, 6.07) is 2.61. The number of pyridine rings is 2. The van der Waals surface area contributed by atoms with E-state index in [1.165, 1.54) is 6.20 Å². The fraction of sp³-hybridized carbons (Fsp3) is 0.471. The highest BCUT2D eigenvalue weighted by molar-refractivity contribution is 7.87. The predicted octanol–water partition coefficient (Wildman–Crippen LogP) is 3.67. The van der Waals surface area contributed by atoms with Gasteiger partial charge in [0, 0.05) is 30.5 Å². The molecule has 0 spiro atoms. The molecule has 158 valence electrons. The number of alkyl halides is 3. The first-order chi connectivity index (χ1) is 14.1. The van der Waals surface area contributed by atoms with E-state index in [0.717, 1.165) is 30.9 Å². The van der Waals surface area contributed by atoms with E-state index < -0.39 is 21.5 Å². The number of nitriles is 1. The van der Waals surface area contributed by atoms with Gasteiger partial charge in [0.15, 0.2) is 5.65 Å². The van der Waals surface area contributed by atoms with Gasteiger partial charge in [-0.1, -0.05) is 24.4 Å². The highest BCUT2D eigenvalue weighted by atomic mass is 35.5. The molecule has 1 aliphatic heterocycles. The van der Waals surface area contributed by atoms with Gasteiger partial charge in [-0.2, -0.15) is 26.6 Å². The van der Waals surface area contributed by atoms with Gasteiger partial charge in [0.2, 0.25) is 5.88 Å². The lowest BCUT2D eigenvalue weighted by atomic mass is 9.37. The third-order valence-electron chi connectivity index (χ3n) is 5.47. The first-order valence-electron chi connectivity index (χ1n) is 9.20. The van der Waals surface area contributed by atoms with E-state index in [1.54, 1.807) is 6.07 Å². The van der Waals surface area contributed by atoms with E-state index in [0.29, 0.717) is 24.4 Å². The molecule has 30 heavy (non-hydrogen) atoms. The van der Waals surface area contributed by atoms with Crippen LogP contribution in [0.5, 0.6) is 5.88 Å². The Morgan fingerprint density at radius 3 is 2.70 bits per heavy atom. The first kappa shape index (κ1) is 21.0. The number of nitrogens with zero attached hydrogens (tertiary/aromatic N) is 4. The highest BCUT2D eigenvalue weighted by Crippen LogP contribution is 2.45. The molecule has 2 fully saturated rings. The molecule has 2 aromatic heterocycles. The summed E-state index contributed by atoms with van der Waals surface area (Å²) in [4.78, 5) is 9.99. The summed E-state index contributed by atoms with van der Waals surface area (Å²) in [6.07, 6.45) is 4.51. The Morgan fingerprint density at radius 2 is 2.07 bits per heavy atom. The molecule has 0 amide bonds. The molecule has 1 aliphatic carbocycles. The van der Waals surface area contributed by atoms with Gasteiger partial charge in [0.1, 0.15) is 0 Å². The van der Waals surface area contributed by atoms with Crippen LogP contribution < -0.4 is 9.08 Å². The van der Waals surface area contributed by atoms with Crippen molar-refractivity contribution >= 4 is 45.2 Å². The number of halogens is 4. The molecule has 0 bridgehead atoms. The first-order valence-corrected chi connectivity index (χ1v) is 11.0. The van der Waals surface area contributed by atoms with Crippen molar-refractivity contribution in [1.82, 2.24) is 9.97 Å². The Bertz CT molecular complexity index is 1140. The molecule has 7 nitrogen and oxygen atoms in total. The van der Waals surface area contributed by atoms with Crippen molar-refractivity contribution in [3.63, 3.8) is 0 Å². The van der Waals surface area contributed by atoms with Crippen molar-refractivity contribution in [2.24, 2.45) is 5.92 Å². The average Bonchev–Trinajstić information content (AvgIpc) is 3.51. The number of aromatic nitrogens is 2. The average molecular weight is 459 g/mol. The van der Waals surface area contributed by atoms with Crippen molar-refractivity contribution in [1.29, 1.82) is 5.26 Å². The normalized spacial score (nSPS) is 20.3. The van der Waals surface area contributed by atoms with E-state index in [9.17, 15) is 26.9 Å². The maximum Gasteiger partial charge on any atom is 0.534 e. The van der Waals surface area contributed by atoms with Gasteiger partial charge in [-0.25, -0.2) is 10.2 Å². The zero-order valence-corrected chi connectivity index (χ0v) is 17.0. The van der Waals surface area contributed by atoms with Crippen LogP contribution in [0.4, 0.5) is 18.9 Å². The van der Waals surface area contributed by atoms with Crippen LogP contribution in [0.25, 0.3) is 11.0 Å². The fourth-order valence-corrected chi connectivity index (χ4v) is 4.43. The van der Waals surface area contributed by atoms with Crippen LogP contribution in [0, 0.1) is 17.1 Å². The van der Waals surface area contributed by atoms with E-state index in [-0.39, 0.29) is 23.2 Å². The third-order valence-corrected chi connectivity index (χ3v) is 6.74. The molecule has 2 aromatic rings. The second kappa shape index (κ2) is 7.46. The summed E-state index contributed by atoms with van der Waals surface area (Å²) < 4.78 is 64.0. The number of hydrogen-bond donors (Lipinski definition) is 0. The molecule has 1 unspecified atom stereocenters. The van der Waals surface area contributed by atoms with Crippen molar-refractivity contribution in [2.75, 3.05) is 18.0 Å². The molecule has 1 saturated carbocycles. The van der Waals surface area contributed by atoms with Crippen molar-refractivity contribution < 1.29 is 25.8 Å². The van der Waals surface area contributed by atoms with Crippen LogP contribution in [0.3, 0.4) is 0 Å². The smallest absolute Gasteiger partial charge is 0.371 e. The Balaban J connectivity index is 1.61. The van der Waals surface area contributed by atoms with Gasteiger partial charge < -0.3 is 9.08 Å². The Morgan fingerprint density at radius 1 is 1.33 bits per heavy atom. The molecule has 2 aliphatic rings. The lowest BCUT2D eigenvalue weighted by Crippen LogP contribution is -2.42. The standard InChI is InChI=1S/C17H15BClF3N4O3S/c19-14-6-15(29-30(27,28)17(20,21)22)25-16-12(14)5-11(7-24-16)26-4-3-18(9-23)13(8-26)10-1-2-10/h5-7,10,13H,1-4,8H2. The number of fused-ring (bicyclic) bond motifs is 1. The van der Waals surface area contributed by atoms with Gasteiger partial charge >= 0.3 is 15.6 Å². The molecule has 1 saturated heterocycles. The number of anilines is 1. The maximum absolute atomic E-state index is 12.5. The largest absolute Gasteiger partial charge is 0.534 e. The van der Waals surface area contributed by atoms with Crippen LogP contribution in [0.15, 0.2) is 18.3 Å². The number of hydrogen-bond acceptors (Lipinski definition) is 7. The quantitative estimate of drug-likeness (QED) is 0.392. The van der Waals surface area contributed by atoms with Crippen LogP contribution in [-0.4, -0.2) is 43.7 Å². The monoisotopic (exact) mass is 458 g/mol. The van der Waals surface area contributed by atoms with Crippen LogP contribution in [-0.2, 0) is 10.1 Å². The summed E-state index contributed by atoms with van der Waals surface area (Å²) in [7, 11) is -5.86. The minimum absolute atomic E-state index is 0.0303. The Labute approximate surface area is 176 Å². The molecule has 4 rings (SSSR count). The minimum Gasteiger partial charge on any atom is -0.371 e. The Kier molecular flexibility index (Phi) is 5.22. The molecule has 1 atom stereocenters. The maximum atomic E-state index is 12.5. The van der Waals surface area contributed by atoms with Crippen LogP contribution in [0.2, 0.25) is 17.2 Å². The van der Waals surface area contributed by atoms with E-state index >= 15 is 0 Å². The fourth-order valence-electron chi connectivity index (χ4n) is 3.79. The van der Waals surface area contributed by atoms with Gasteiger partial charge in [0.05, 0.1) is 16.9 Å². The van der Waals surface area contributed by atoms with Crippen LogP contribution in [0.1, 0.15) is 12.8 Å². The zero-order chi connectivity index (χ0) is 21.7. The minimum atomic E-state index is -5.86. The third kappa shape index (κ3) is 4.00. The summed E-state index contributed by atoms with van der Waals surface area (Å²) >= 11 is 6.15. The summed E-state index contributed by atoms with van der Waals surface area (Å²) in [5.41, 5.74) is -4.87. The van der Waals surface area contributed by atoms with Crippen LogP contribution >= 0.6 is 11.6 Å². The number of rotatable bonds is 4. The summed E-state index contributed by atoms with van der Waals surface area (Å²) in [6.45, 7) is 1.42. The predicted molar refractivity (Wildman–Crippen MR) is 105 cm³/mol. The molecule has 0 radical (unpaired) electrons. The lowest BCUT2D eigenvalue weighted by Gasteiger charge is -2.36. The topological polar surface area (TPSA) is 96.2 Å². The molecular formula is C17H15BClF3N4O3S. The van der Waals surface area contributed by atoms with Crippen molar-refractivity contribution in [2.45, 2.75) is 30.5 Å². The highest BCUT2D eigenvalue weighted by Gasteiger charge is 2.49. The molecule has 3 heterocycles. The van der Waals surface area contributed by atoms with Crippen molar-refractivity contribution in [3.05, 3.63) is 23.4 Å². The van der Waals surface area contributed by atoms with Gasteiger partial charge in [-0.15, -0.1) is 0 Å². The van der Waals surface area contributed by atoms with Gasteiger partial charge in [-0.3, -0.25) is 0 Å². The SMILES string of the molecule is N#CB1CCN(c2cnc3nc(OS(=O)(=O)C(F)(F)F)cc(Cl)c3c2)CC1C1CC1. The van der Waals surface area contributed by atoms with E-state index in [2.05, 4.69) is 25.0 Å². The van der Waals surface area contributed by atoms with E-state index in [1.807, 2.05) is 0 Å². The second-order valence-corrected chi connectivity index (χ2v) is 9.41. The lowest BCUT2D eigenvalue weighted by molar-refractivity contribution is -0.0501. The van der Waals surface area contributed by atoms with Crippen molar-refractivity contribution in [3.8, 4) is 11.8 Å². The summed E-state index contributed by atoms with van der Waals surface area (Å²) in [5, 5.41) is 9.72. The molecular weight excluding hydrogens is 444 g/mol. The van der Waals surface area contributed by atoms with Gasteiger partial charge in [0.25, 0.3) is 6.71 Å². The summed E-state index contributed by atoms with van der Waals surface area (Å²) in [5.74, 6) is 2.44. The Hall–Kier alpha value is -2.26.